The number of aromatic nitrogens is 4. The van der Waals surface area contributed by atoms with Crippen molar-refractivity contribution in [1.29, 1.82) is 0 Å². The molecule has 1 N–H and O–H groups in total. The van der Waals surface area contributed by atoms with Gasteiger partial charge in [0.2, 0.25) is 11.1 Å². The van der Waals surface area contributed by atoms with Crippen LogP contribution in [0.1, 0.15) is 15.9 Å². The third-order valence-electron chi connectivity index (χ3n) is 3.61. The number of benzene rings is 2. The molecule has 138 valence electrons. The number of hydrogen-bond acceptors (Lipinski definition) is 7. The molecule has 0 saturated heterocycles. The standard InChI is InChI=1S/C18H17N5O3S/c1-12-4-3-5-15(10-12)23-18(20-21-22-23)27-11-16(24)19-14-8-6-13(7-9-14)17(25)26-2/h3-10H,11H2,1-2H3,(H,19,24). The Morgan fingerprint density at radius 2 is 1.96 bits per heavy atom. The fourth-order valence-electron chi connectivity index (χ4n) is 2.33. The van der Waals surface area contributed by atoms with E-state index < -0.39 is 5.97 Å². The SMILES string of the molecule is COC(=O)c1ccc(NC(=O)CSc2nnnn2-c2cccc(C)c2)cc1. The van der Waals surface area contributed by atoms with Crippen molar-refractivity contribution in [3.63, 3.8) is 0 Å². The van der Waals surface area contributed by atoms with E-state index in [2.05, 4.69) is 25.6 Å². The molecule has 0 bridgehead atoms. The van der Waals surface area contributed by atoms with E-state index in [9.17, 15) is 9.59 Å². The fraction of sp³-hybridized carbons (Fsp3) is 0.167. The number of hydrogen-bond donors (Lipinski definition) is 1. The number of methoxy groups -OCH3 is 1. The number of nitrogens with one attached hydrogen (secondary N) is 1. The predicted octanol–water partition coefficient (Wildman–Crippen LogP) is 2.49. The summed E-state index contributed by atoms with van der Waals surface area (Å²) >= 11 is 1.23. The van der Waals surface area contributed by atoms with Crippen LogP contribution < -0.4 is 5.32 Å². The van der Waals surface area contributed by atoms with Crippen molar-refractivity contribution < 1.29 is 14.3 Å². The lowest BCUT2D eigenvalue weighted by Gasteiger charge is -2.07. The summed E-state index contributed by atoms with van der Waals surface area (Å²) in [5, 5.41) is 14.9. The van der Waals surface area contributed by atoms with Gasteiger partial charge in [-0.05, 0) is 59.3 Å². The Morgan fingerprint density at radius 1 is 1.19 bits per heavy atom. The lowest BCUT2D eigenvalue weighted by molar-refractivity contribution is -0.113. The topological polar surface area (TPSA) is 99.0 Å². The molecule has 1 amide bonds. The zero-order chi connectivity index (χ0) is 19.2. The maximum absolute atomic E-state index is 12.2. The molecule has 0 radical (unpaired) electrons. The Morgan fingerprint density at radius 3 is 2.67 bits per heavy atom. The molecular formula is C18H17N5O3S. The van der Waals surface area contributed by atoms with Gasteiger partial charge in [0.25, 0.3) is 0 Å². The minimum Gasteiger partial charge on any atom is -0.465 e. The summed E-state index contributed by atoms with van der Waals surface area (Å²) in [6, 6.07) is 14.2. The van der Waals surface area contributed by atoms with Crippen LogP contribution in [0.2, 0.25) is 0 Å². The van der Waals surface area contributed by atoms with Crippen LogP contribution in [0, 0.1) is 6.92 Å². The van der Waals surface area contributed by atoms with Gasteiger partial charge in [-0.3, -0.25) is 4.79 Å². The number of amides is 1. The molecule has 0 unspecified atom stereocenters. The molecule has 3 aromatic rings. The van der Waals surface area contributed by atoms with Gasteiger partial charge in [-0.2, -0.15) is 4.68 Å². The number of thioether (sulfide) groups is 1. The van der Waals surface area contributed by atoms with Gasteiger partial charge >= 0.3 is 5.97 Å². The second kappa shape index (κ2) is 8.45. The number of nitrogens with zero attached hydrogens (tertiary/aromatic N) is 4. The van der Waals surface area contributed by atoms with Crippen LogP contribution in [0.5, 0.6) is 0 Å². The van der Waals surface area contributed by atoms with Gasteiger partial charge in [-0.1, -0.05) is 23.9 Å². The largest absolute Gasteiger partial charge is 0.465 e. The van der Waals surface area contributed by atoms with Gasteiger partial charge in [-0.15, -0.1) is 5.10 Å². The molecule has 0 spiro atoms. The third-order valence-corrected chi connectivity index (χ3v) is 4.53. The summed E-state index contributed by atoms with van der Waals surface area (Å²) in [5.41, 5.74) is 2.93. The van der Waals surface area contributed by atoms with E-state index in [1.54, 1.807) is 28.9 Å². The van der Waals surface area contributed by atoms with Gasteiger partial charge < -0.3 is 10.1 Å². The van der Waals surface area contributed by atoms with Crippen molar-refractivity contribution in [1.82, 2.24) is 20.2 Å². The number of esters is 1. The number of carbonyl (C=O) groups is 2. The van der Waals surface area contributed by atoms with Crippen molar-refractivity contribution in [3.8, 4) is 5.69 Å². The first kappa shape index (κ1) is 18.6. The predicted molar refractivity (Wildman–Crippen MR) is 101 cm³/mol. The zero-order valence-corrected chi connectivity index (χ0v) is 15.6. The van der Waals surface area contributed by atoms with Crippen LogP contribution in [0.15, 0.2) is 53.7 Å². The lowest BCUT2D eigenvalue weighted by Crippen LogP contribution is -2.14. The molecule has 27 heavy (non-hydrogen) atoms. The smallest absolute Gasteiger partial charge is 0.337 e. The molecule has 0 atom stereocenters. The number of carbonyl (C=O) groups excluding carboxylic acids is 2. The van der Waals surface area contributed by atoms with Crippen molar-refractivity contribution in [2.24, 2.45) is 0 Å². The first-order valence-electron chi connectivity index (χ1n) is 8.03. The highest BCUT2D eigenvalue weighted by Crippen LogP contribution is 2.19. The average Bonchev–Trinajstić information content (AvgIpc) is 3.15. The van der Waals surface area contributed by atoms with Crippen LogP contribution in [-0.2, 0) is 9.53 Å². The molecule has 8 nitrogen and oxygen atoms in total. The minimum atomic E-state index is -0.425. The van der Waals surface area contributed by atoms with E-state index in [1.165, 1.54) is 18.9 Å². The summed E-state index contributed by atoms with van der Waals surface area (Å²) < 4.78 is 6.23. The molecule has 1 heterocycles. The Hall–Kier alpha value is -3.20. The minimum absolute atomic E-state index is 0.144. The van der Waals surface area contributed by atoms with E-state index in [-0.39, 0.29) is 11.7 Å². The Bertz CT molecular complexity index is 956. The van der Waals surface area contributed by atoms with Gasteiger partial charge in [0.05, 0.1) is 24.1 Å². The quantitative estimate of drug-likeness (QED) is 0.516. The van der Waals surface area contributed by atoms with Crippen molar-refractivity contribution in [2.75, 3.05) is 18.2 Å². The van der Waals surface area contributed by atoms with Gasteiger partial charge in [-0.25, -0.2) is 4.79 Å². The Kier molecular flexibility index (Phi) is 5.82. The molecule has 9 heteroatoms. The summed E-state index contributed by atoms with van der Waals surface area (Å²) in [4.78, 5) is 23.6. The number of rotatable bonds is 6. The van der Waals surface area contributed by atoms with Crippen molar-refractivity contribution in [2.45, 2.75) is 12.1 Å². The summed E-state index contributed by atoms with van der Waals surface area (Å²) in [7, 11) is 1.32. The highest BCUT2D eigenvalue weighted by molar-refractivity contribution is 7.99. The van der Waals surface area contributed by atoms with Crippen LogP contribution >= 0.6 is 11.8 Å². The molecule has 1 aromatic heterocycles. The number of ether oxygens (including phenoxy) is 1. The molecule has 2 aromatic carbocycles. The maximum atomic E-state index is 12.2. The number of aryl methyl sites for hydroxylation is 1. The fourth-order valence-corrected chi connectivity index (χ4v) is 3.02. The molecule has 0 saturated carbocycles. The van der Waals surface area contributed by atoms with Crippen LogP contribution in [-0.4, -0.2) is 44.9 Å². The van der Waals surface area contributed by atoms with Gasteiger partial charge in [0.15, 0.2) is 0 Å². The third kappa shape index (κ3) is 4.70. The summed E-state index contributed by atoms with van der Waals surface area (Å²) in [6.45, 7) is 1.99. The molecule has 0 aliphatic rings. The molecule has 0 fully saturated rings. The Labute approximate surface area is 159 Å². The van der Waals surface area contributed by atoms with Crippen LogP contribution in [0.3, 0.4) is 0 Å². The Balaban J connectivity index is 1.60. The van der Waals surface area contributed by atoms with Gasteiger partial charge in [0.1, 0.15) is 0 Å². The van der Waals surface area contributed by atoms with Crippen molar-refractivity contribution in [3.05, 3.63) is 59.7 Å². The average molecular weight is 383 g/mol. The number of tetrazole rings is 1. The van der Waals surface area contributed by atoms with Gasteiger partial charge in [0, 0.05) is 5.69 Å². The molecule has 3 rings (SSSR count). The van der Waals surface area contributed by atoms with E-state index in [0.29, 0.717) is 16.4 Å². The molecule has 0 aliphatic carbocycles. The summed E-state index contributed by atoms with van der Waals surface area (Å²) in [5.74, 6) is -0.485. The van der Waals surface area contributed by atoms with E-state index in [0.717, 1.165) is 11.3 Å². The normalized spacial score (nSPS) is 10.4. The second-order valence-electron chi connectivity index (χ2n) is 5.62. The monoisotopic (exact) mass is 383 g/mol. The maximum Gasteiger partial charge on any atom is 0.337 e. The zero-order valence-electron chi connectivity index (χ0n) is 14.7. The first-order valence-corrected chi connectivity index (χ1v) is 9.02. The van der Waals surface area contributed by atoms with Crippen LogP contribution in [0.4, 0.5) is 5.69 Å². The second-order valence-corrected chi connectivity index (χ2v) is 6.56. The van der Waals surface area contributed by atoms with Crippen LogP contribution in [0.25, 0.3) is 5.69 Å². The van der Waals surface area contributed by atoms with E-state index >= 15 is 0 Å². The first-order chi connectivity index (χ1) is 13.1. The molecule has 0 aliphatic heterocycles. The van der Waals surface area contributed by atoms with Crippen molar-refractivity contribution >= 4 is 29.3 Å². The highest BCUT2D eigenvalue weighted by Gasteiger charge is 2.12. The van der Waals surface area contributed by atoms with E-state index in [4.69, 9.17) is 0 Å². The lowest BCUT2D eigenvalue weighted by atomic mass is 10.2. The van der Waals surface area contributed by atoms with E-state index in [1.807, 2.05) is 31.2 Å². The summed E-state index contributed by atoms with van der Waals surface area (Å²) in [6.07, 6.45) is 0. The number of anilines is 1. The highest BCUT2D eigenvalue weighted by atomic mass is 32.2. The molecular weight excluding hydrogens is 366 g/mol.